The van der Waals surface area contributed by atoms with Crippen LogP contribution in [0.2, 0.25) is 0 Å². The molecule has 0 spiro atoms. The second-order valence-electron chi connectivity index (χ2n) is 5.35. The zero-order valence-electron chi connectivity index (χ0n) is 11.0. The first-order valence-corrected chi connectivity index (χ1v) is 5.79. The monoisotopic (exact) mass is 235 g/mol. The van der Waals surface area contributed by atoms with Gasteiger partial charge in [-0.15, -0.1) is 0 Å². The van der Waals surface area contributed by atoms with Gasteiger partial charge < -0.3 is 10.0 Å². The quantitative estimate of drug-likeness (QED) is 0.852. The van der Waals surface area contributed by atoms with Gasteiger partial charge in [0.1, 0.15) is 0 Å². The van der Waals surface area contributed by atoms with Gasteiger partial charge in [-0.1, -0.05) is 29.8 Å². The van der Waals surface area contributed by atoms with E-state index in [1.54, 1.807) is 13.8 Å². The predicted molar refractivity (Wildman–Crippen MR) is 68.9 cm³/mol. The van der Waals surface area contributed by atoms with Crippen molar-refractivity contribution >= 4 is 5.97 Å². The van der Waals surface area contributed by atoms with E-state index in [1.165, 1.54) is 11.1 Å². The molecule has 0 bridgehead atoms. The molecule has 0 amide bonds. The smallest absolute Gasteiger partial charge is 0.310 e. The Balaban J connectivity index is 2.58. The summed E-state index contributed by atoms with van der Waals surface area (Å²) in [7, 11) is 1.95. The van der Waals surface area contributed by atoms with Crippen molar-refractivity contribution in [3.63, 3.8) is 0 Å². The summed E-state index contributed by atoms with van der Waals surface area (Å²) in [5, 5.41) is 9.07. The van der Waals surface area contributed by atoms with Crippen LogP contribution in [0.25, 0.3) is 0 Å². The minimum absolute atomic E-state index is 0.538. The molecular formula is C14H21NO2. The van der Waals surface area contributed by atoms with Gasteiger partial charge in [-0.2, -0.15) is 0 Å². The van der Waals surface area contributed by atoms with E-state index < -0.39 is 11.4 Å². The lowest BCUT2D eigenvalue weighted by Gasteiger charge is -2.26. The molecule has 3 nitrogen and oxygen atoms in total. The molecule has 94 valence electrons. The van der Waals surface area contributed by atoms with Gasteiger partial charge in [0.05, 0.1) is 5.41 Å². The first kappa shape index (κ1) is 13.7. The average molecular weight is 235 g/mol. The molecule has 0 radical (unpaired) electrons. The van der Waals surface area contributed by atoms with E-state index in [2.05, 4.69) is 31.2 Å². The number of carboxylic acids is 1. The van der Waals surface area contributed by atoms with Gasteiger partial charge in [0, 0.05) is 13.1 Å². The summed E-state index contributed by atoms with van der Waals surface area (Å²) in [4.78, 5) is 13.1. The van der Waals surface area contributed by atoms with Crippen LogP contribution in [0.3, 0.4) is 0 Å². The minimum atomic E-state index is -0.756. The van der Waals surface area contributed by atoms with Crippen LogP contribution in [0.5, 0.6) is 0 Å². The number of hydrogen-bond acceptors (Lipinski definition) is 2. The zero-order valence-corrected chi connectivity index (χ0v) is 11.0. The van der Waals surface area contributed by atoms with Crippen molar-refractivity contribution in [3.05, 3.63) is 35.4 Å². The Morgan fingerprint density at radius 1 is 1.29 bits per heavy atom. The van der Waals surface area contributed by atoms with Crippen molar-refractivity contribution in [2.45, 2.75) is 27.3 Å². The summed E-state index contributed by atoms with van der Waals surface area (Å²) in [6.07, 6.45) is 0. The second-order valence-corrected chi connectivity index (χ2v) is 5.35. The van der Waals surface area contributed by atoms with Gasteiger partial charge in [0.2, 0.25) is 0 Å². The predicted octanol–water partition coefficient (Wildman–Crippen LogP) is 2.54. The lowest BCUT2D eigenvalue weighted by atomic mass is 9.93. The summed E-state index contributed by atoms with van der Waals surface area (Å²) in [6, 6.07) is 8.32. The molecule has 0 unspecified atom stereocenters. The SMILES string of the molecule is Cc1ccc(CN(C)CC(C)(C)C(=O)O)cc1. The molecule has 0 aliphatic heterocycles. The van der Waals surface area contributed by atoms with Crippen molar-refractivity contribution in [2.24, 2.45) is 5.41 Å². The van der Waals surface area contributed by atoms with E-state index in [1.807, 2.05) is 11.9 Å². The molecule has 0 aromatic heterocycles. The lowest BCUT2D eigenvalue weighted by Crippen LogP contribution is -2.36. The molecule has 0 atom stereocenters. The maximum Gasteiger partial charge on any atom is 0.310 e. The fourth-order valence-corrected chi connectivity index (χ4v) is 1.80. The minimum Gasteiger partial charge on any atom is -0.481 e. The third-order valence-electron chi connectivity index (χ3n) is 2.82. The van der Waals surface area contributed by atoms with Crippen molar-refractivity contribution in [3.8, 4) is 0 Å². The number of rotatable bonds is 5. The molecule has 0 heterocycles. The Labute approximate surface area is 103 Å². The molecule has 1 aromatic carbocycles. The molecule has 1 N–H and O–H groups in total. The van der Waals surface area contributed by atoms with Crippen LogP contribution in [-0.4, -0.2) is 29.6 Å². The molecule has 1 rings (SSSR count). The molecule has 0 aliphatic carbocycles. The number of carboxylic acid groups (broad SMARTS) is 1. The van der Waals surface area contributed by atoms with Crippen molar-refractivity contribution in [1.29, 1.82) is 0 Å². The van der Waals surface area contributed by atoms with Gasteiger partial charge in [0.15, 0.2) is 0 Å². The molecule has 0 fully saturated rings. The van der Waals surface area contributed by atoms with Gasteiger partial charge >= 0.3 is 5.97 Å². The van der Waals surface area contributed by atoms with Crippen molar-refractivity contribution in [2.75, 3.05) is 13.6 Å². The zero-order chi connectivity index (χ0) is 13.1. The van der Waals surface area contributed by atoms with Crippen LogP contribution >= 0.6 is 0 Å². The van der Waals surface area contributed by atoms with Gasteiger partial charge in [-0.05, 0) is 33.4 Å². The Morgan fingerprint density at radius 3 is 2.29 bits per heavy atom. The van der Waals surface area contributed by atoms with E-state index in [9.17, 15) is 4.79 Å². The van der Waals surface area contributed by atoms with E-state index >= 15 is 0 Å². The van der Waals surface area contributed by atoms with E-state index in [0.717, 1.165) is 6.54 Å². The van der Waals surface area contributed by atoms with Crippen LogP contribution in [0.4, 0.5) is 0 Å². The number of aliphatic carboxylic acids is 1. The summed E-state index contributed by atoms with van der Waals surface area (Å²) >= 11 is 0. The summed E-state index contributed by atoms with van der Waals surface area (Å²) in [5.74, 6) is -0.756. The summed E-state index contributed by atoms with van der Waals surface area (Å²) < 4.78 is 0. The molecule has 0 saturated heterocycles. The molecule has 17 heavy (non-hydrogen) atoms. The highest BCUT2D eigenvalue weighted by Crippen LogP contribution is 2.17. The Kier molecular flexibility index (Phi) is 4.29. The maximum atomic E-state index is 11.0. The van der Waals surface area contributed by atoms with Gasteiger partial charge in [-0.3, -0.25) is 4.79 Å². The molecule has 0 aliphatic rings. The number of carbonyl (C=O) groups is 1. The first-order chi connectivity index (χ1) is 7.81. The molecule has 0 saturated carbocycles. The van der Waals surface area contributed by atoms with Crippen LogP contribution in [0.1, 0.15) is 25.0 Å². The van der Waals surface area contributed by atoms with E-state index in [4.69, 9.17) is 5.11 Å². The maximum absolute atomic E-state index is 11.0. The Bertz CT molecular complexity index is 382. The third-order valence-corrected chi connectivity index (χ3v) is 2.82. The summed E-state index contributed by atoms with van der Waals surface area (Å²) in [5.41, 5.74) is 1.74. The number of benzene rings is 1. The summed E-state index contributed by atoms with van der Waals surface area (Å²) in [6.45, 7) is 6.87. The van der Waals surface area contributed by atoms with Gasteiger partial charge in [0.25, 0.3) is 0 Å². The first-order valence-electron chi connectivity index (χ1n) is 5.79. The fraction of sp³-hybridized carbons (Fsp3) is 0.500. The molecule has 1 aromatic rings. The van der Waals surface area contributed by atoms with Crippen LogP contribution in [0.15, 0.2) is 24.3 Å². The van der Waals surface area contributed by atoms with E-state index in [-0.39, 0.29) is 0 Å². The largest absolute Gasteiger partial charge is 0.481 e. The van der Waals surface area contributed by atoms with E-state index in [0.29, 0.717) is 6.54 Å². The lowest BCUT2D eigenvalue weighted by molar-refractivity contribution is -0.147. The Morgan fingerprint density at radius 2 is 1.82 bits per heavy atom. The highest BCUT2D eigenvalue weighted by molar-refractivity contribution is 5.73. The highest BCUT2D eigenvalue weighted by atomic mass is 16.4. The van der Waals surface area contributed by atoms with Crippen molar-refractivity contribution < 1.29 is 9.90 Å². The fourth-order valence-electron chi connectivity index (χ4n) is 1.80. The molecule has 3 heteroatoms. The second kappa shape index (κ2) is 5.32. The van der Waals surface area contributed by atoms with Crippen LogP contribution in [-0.2, 0) is 11.3 Å². The number of aryl methyl sites for hydroxylation is 1. The van der Waals surface area contributed by atoms with Crippen LogP contribution in [0, 0.1) is 12.3 Å². The Hall–Kier alpha value is -1.35. The van der Waals surface area contributed by atoms with Crippen LogP contribution < -0.4 is 0 Å². The standard InChI is InChI=1S/C14H21NO2/c1-11-5-7-12(8-6-11)9-15(4)10-14(2,3)13(16)17/h5-8H,9-10H2,1-4H3,(H,16,17). The number of nitrogens with zero attached hydrogens (tertiary/aromatic N) is 1. The van der Waals surface area contributed by atoms with Gasteiger partial charge in [-0.25, -0.2) is 0 Å². The van der Waals surface area contributed by atoms with Crippen molar-refractivity contribution in [1.82, 2.24) is 4.90 Å². The number of hydrogen-bond donors (Lipinski definition) is 1. The topological polar surface area (TPSA) is 40.5 Å². The molecular weight excluding hydrogens is 214 g/mol. The average Bonchev–Trinajstić information content (AvgIpc) is 2.20. The highest BCUT2D eigenvalue weighted by Gasteiger charge is 2.28. The third kappa shape index (κ3) is 4.19. The normalized spacial score (nSPS) is 11.8.